The molecule has 4 nitrogen and oxygen atoms in total. The highest BCUT2D eigenvalue weighted by Gasteiger charge is 2.18. The maximum atomic E-state index is 12.8. The number of thiophene rings is 1. The van der Waals surface area contributed by atoms with Gasteiger partial charge in [0.1, 0.15) is 4.83 Å². The average molecular weight is 427 g/mol. The number of hydrogen-bond acceptors (Lipinski definition) is 3. The molecule has 0 amide bonds. The van der Waals surface area contributed by atoms with Crippen LogP contribution in [0.4, 0.5) is 0 Å². The van der Waals surface area contributed by atoms with Crippen molar-refractivity contribution < 1.29 is 0 Å². The van der Waals surface area contributed by atoms with E-state index < -0.39 is 0 Å². The van der Waals surface area contributed by atoms with Crippen molar-refractivity contribution in [2.75, 3.05) is 0 Å². The van der Waals surface area contributed by atoms with Crippen LogP contribution in [0.5, 0.6) is 0 Å². The lowest BCUT2D eigenvalue weighted by molar-refractivity contribution is 0.685. The molecule has 0 aliphatic carbocycles. The van der Waals surface area contributed by atoms with E-state index >= 15 is 0 Å². The molecule has 0 radical (unpaired) electrons. The molecule has 130 valence electrons. The van der Waals surface area contributed by atoms with Gasteiger partial charge in [0.2, 0.25) is 0 Å². The molecule has 0 aliphatic rings. The van der Waals surface area contributed by atoms with Crippen LogP contribution in [-0.4, -0.2) is 9.55 Å². The van der Waals surface area contributed by atoms with Crippen molar-refractivity contribution in [3.05, 3.63) is 79.2 Å². The third-order valence-electron chi connectivity index (χ3n) is 4.39. The third-order valence-corrected chi connectivity index (χ3v) is 6.16. The molecule has 0 spiro atoms. The summed E-state index contributed by atoms with van der Waals surface area (Å²) in [6, 6.07) is 18.3. The smallest absolute Gasteiger partial charge is 0.298 e. The zero-order valence-corrected chi connectivity index (χ0v) is 16.4. The number of rotatable bonds is 3. The highest BCUT2D eigenvalue weighted by atomic mass is 79.9. The molecule has 1 N–H and O–H groups in total. The summed E-state index contributed by atoms with van der Waals surface area (Å²) in [6.45, 7) is 2.13. The van der Waals surface area contributed by atoms with Gasteiger partial charge in [-0.25, -0.2) is 4.79 Å². The maximum Gasteiger partial charge on any atom is 0.329 e. The summed E-state index contributed by atoms with van der Waals surface area (Å²) in [5.74, 6) is 0. The van der Waals surface area contributed by atoms with Crippen LogP contribution >= 0.6 is 27.3 Å². The molecule has 4 aromatic rings. The Morgan fingerprint density at radius 3 is 2.23 bits per heavy atom. The van der Waals surface area contributed by atoms with Crippen LogP contribution in [-0.2, 0) is 6.54 Å². The molecular weight excluding hydrogens is 412 g/mol. The second-order valence-corrected chi connectivity index (χ2v) is 8.22. The molecule has 26 heavy (non-hydrogen) atoms. The van der Waals surface area contributed by atoms with Gasteiger partial charge in [-0.05, 0) is 39.5 Å². The lowest BCUT2D eigenvalue weighted by Gasteiger charge is -2.06. The number of aromatic nitrogens is 2. The molecule has 0 saturated carbocycles. The lowest BCUT2D eigenvalue weighted by Crippen LogP contribution is -2.34. The number of halogens is 1. The highest BCUT2D eigenvalue weighted by molar-refractivity contribution is 9.11. The highest BCUT2D eigenvalue weighted by Crippen LogP contribution is 2.40. The molecular formula is C20H15BrN2O2S. The van der Waals surface area contributed by atoms with Crippen molar-refractivity contribution >= 4 is 37.5 Å². The standard InChI is InChI=1S/C20H15BrN2O2S/c1-2-23-19(24)16-15(17(21)26-18(16)22-20(23)25)14-10-8-13(9-11-14)12-6-4-3-5-7-12/h3-11H,2H2,1H3,(H,22,25). The van der Waals surface area contributed by atoms with Gasteiger partial charge in [0, 0.05) is 12.1 Å². The predicted molar refractivity (Wildman–Crippen MR) is 111 cm³/mol. The Kier molecular flexibility index (Phi) is 4.38. The van der Waals surface area contributed by atoms with E-state index in [2.05, 4.69) is 33.0 Å². The van der Waals surface area contributed by atoms with Crippen LogP contribution in [0.2, 0.25) is 0 Å². The summed E-state index contributed by atoms with van der Waals surface area (Å²) in [5, 5.41) is 0.552. The quantitative estimate of drug-likeness (QED) is 0.507. The van der Waals surface area contributed by atoms with E-state index in [1.54, 1.807) is 6.92 Å². The van der Waals surface area contributed by atoms with E-state index in [0.29, 0.717) is 16.8 Å². The van der Waals surface area contributed by atoms with Gasteiger partial charge in [-0.3, -0.25) is 14.3 Å². The number of fused-ring (bicyclic) bond motifs is 1. The van der Waals surface area contributed by atoms with E-state index in [1.165, 1.54) is 15.9 Å². The Hall–Kier alpha value is -2.44. The van der Waals surface area contributed by atoms with Crippen molar-refractivity contribution in [2.24, 2.45) is 0 Å². The van der Waals surface area contributed by atoms with E-state index in [1.807, 2.05) is 42.5 Å². The zero-order valence-electron chi connectivity index (χ0n) is 14.0. The molecule has 2 aromatic heterocycles. The second-order valence-electron chi connectivity index (χ2n) is 5.88. The Labute approximate surface area is 161 Å². The summed E-state index contributed by atoms with van der Waals surface area (Å²) in [4.78, 5) is 28.3. The normalized spacial score (nSPS) is 11.2. The number of benzene rings is 2. The van der Waals surface area contributed by atoms with Crippen LogP contribution in [0.3, 0.4) is 0 Å². The van der Waals surface area contributed by atoms with Gasteiger partial charge in [0.15, 0.2) is 0 Å². The minimum absolute atomic E-state index is 0.254. The first-order valence-electron chi connectivity index (χ1n) is 8.21. The van der Waals surface area contributed by atoms with Crippen molar-refractivity contribution in [2.45, 2.75) is 13.5 Å². The largest absolute Gasteiger partial charge is 0.329 e. The van der Waals surface area contributed by atoms with Crippen molar-refractivity contribution in [3.63, 3.8) is 0 Å². The fraction of sp³-hybridized carbons (Fsp3) is 0.100. The lowest BCUT2D eigenvalue weighted by atomic mass is 10.0. The van der Waals surface area contributed by atoms with E-state index in [-0.39, 0.29) is 11.2 Å². The fourth-order valence-electron chi connectivity index (χ4n) is 3.09. The Morgan fingerprint density at radius 1 is 0.962 bits per heavy atom. The molecule has 0 saturated heterocycles. The summed E-state index contributed by atoms with van der Waals surface area (Å²) < 4.78 is 2.06. The second kappa shape index (κ2) is 6.70. The maximum absolute atomic E-state index is 12.8. The topological polar surface area (TPSA) is 54.9 Å². The van der Waals surface area contributed by atoms with Gasteiger partial charge >= 0.3 is 5.69 Å². The van der Waals surface area contributed by atoms with Crippen molar-refractivity contribution in [1.29, 1.82) is 0 Å². The molecule has 2 aromatic carbocycles. The van der Waals surface area contributed by atoms with Crippen LogP contribution in [0.1, 0.15) is 6.92 Å². The van der Waals surface area contributed by atoms with E-state index in [4.69, 9.17) is 0 Å². The van der Waals surface area contributed by atoms with Crippen LogP contribution < -0.4 is 11.2 Å². The molecule has 0 fully saturated rings. The zero-order chi connectivity index (χ0) is 18.3. The van der Waals surface area contributed by atoms with Gasteiger partial charge in [-0.1, -0.05) is 54.6 Å². The Bertz CT molecular complexity index is 1210. The monoisotopic (exact) mass is 426 g/mol. The average Bonchev–Trinajstić information content (AvgIpc) is 2.99. The Balaban J connectivity index is 1.91. The van der Waals surface area contributed by atoms with Crippen molar-refractivity contribution in [1.82, 2.24) is 9.55 Å². The summed E-state index contributed by atoms with van der Waals surface area (Å²) >= 11 is 4.93. The summed E-state index contributed by atoms with van der Waals surface area (Å²) in [6.07, 6.45) is 0. The minimum Gasteiger partial charge on any atom is -0.298 e. The molecule has 0 unspecified atom stereocenters. The predicted octanol–water partition coefficient (Wildman–Crippen LogP) is 4.87. The molecule has 4 rings (SSSR count). The van der Waals surface area contributed by atoms with Gasteiger partial charge < -0.3 is 0 Å². The van der Waals surface area contributed by atoms with Gasteiger partial charge in [-0.15, -0.1) is 11.3 Å². The number of aromatic amines is 1. The SMILES string of the molecule is CCn1c(=O)[nH]c2sc(Br)c(-c3ccc(-c4ccccc4)cc3)c2c1=O. The van der Waals surface area contributed by atoms with Gasteiger partial charge in [0.25, 0.3) is 5.56 Å². The number of H-pyrrole nitrogens is 1. The Morgan fingerprint density at radius 2 is 1.58 bits per heavy atom. The summed E-state index contributed by atoms with van der Waals surface area (Å²) in [5.41, 5.74) is 3.40. The molecule has 0 bridgehead atoms. The van der Waals surface area contributed by atoms with Crippen LogP contribution in [0, 0.1) is 0 Å². The minimum atomic E-state index is -0.371. The molecule has 6 heteroatoms. The first-order valence-corrected chi connectivity index (χ1v) is 9.82. The third kappa shape index (κ3) is 2.75. The fourth-order valence-corrected chi connectivity index (χ4v) is 4.94. The van der Waals surface area contributed by atoms with Crippen molar-refractivity contribution in [3.8, 4) is 22.3 Å². The molecule has 0 aliphatic heterocycles. The number of hydrogen-bond donors (Lipinski definition) is 1. The first kappa shape index (κ1) is 17.0. The number of nitrogens with zero attached hydrogens (tertiary/aromatic N) is 1. The van der Waals surface area contributed by atoms with Crippen LogP contribution in [0.25, 0.3) is 32.5 Å². The van der Waals surface area contributed by atoms with E-state index in [0.717, 1.165) is 26.0 Å². The van der Waals surface area contributed by atoms with Gasteiger partial charge in [-0.2, -0.15) is 0 Å². The molecule has 2 heterocycles. The molecule has 0 atom stereocenters. The van der Waals surface area contributed by atoms with Gasteiger partial charge in [0.05, 0.1) is 9.17 Å². The van der Waals surface area contributed by atoms with E-state index in [9.17, 15) is 9.59 Å². The summed E-state index contributed by atoms with van der Waals surface area (Å²) in [7, 11) is 0. The first-order chi connectivity index (χ1) is 12.6. The van der Waals surface area contributed by atoms with Crippen LogP contribution in [0.15, 0.2) is 68.0 Å². The number of nitrogens with one attached hydrogen (secondary N) is 1.